The monoisotopic (exact) mass is 298 g/mol. The zero-order valence-corrected chi connectivity index (χ0v) is 12.6. The van der Waals surface area contributed by atoms with Crippen molar-refractivity contribution in [3.8, 4) is 11.1 Å². The van der Waals surface area contributed by atoms with E-state index in [1.807, 2.05) is 37.3 Å². The number of hydrogen-bond acceptors (Lipinski definition) is 4. The molecule has 0 bridgehead atoms. The van der Waals surface area contributed by atoms with E-state index in [2.05, 4.69) is 4.98 Å². The fourth-order valence-electron chi connectivity index (χ4n) is 2.44. The molecule has 0 aliphatic carbocycles. The normalized spacial score (nSPS) is 11.0. The molecule has 0 N–H and O–H groups in total. The minimum atomic E-state index is -0.154. The lowest BCUT2D eigenvalue weighted by molar-refractivity contribution is -0.117. The number of hydrogen-bond donors (Lipinski definition) is 0. The van der Waals surface area contributed by atoms with Crippen LogP contribution in [-0.4, -0.2) is 15.3 Å². The maximum Gasteiger partial charge on any atom is 0.263 e. The molecule has 0 saturated carbocycles. The van der Waals surface area contributed by atoms with Gasteiger partial charge < -0.3 is 0 Å². The minimum Gasteiger partial charge on any atom is -0.298 e. The van der Waals surface area contributed by atoms with Crippen molar-refractivity contribution >= 4 is 27.3 Å². The van der Waals surface area contributed by atoms with E-state index < -0.39 is 0 Å². The van der Waals surface area contributed by atoms with E-state index in [-0.39, 0.29) is 17.9 Å². The number of benzene rings is 1. The summed E-state index contributed by atoms with van der Waals surface area (Å²) in [7, 11) is 0. The first-order chi connectivity index (χ1) is 10.1. The molecular weight excluding hydrogens is 284 g/mol. The second kappa shape index (κ2) is 5.26. The highest BCUT2D eigenvalue weighted by atomic mass is 32.1. The summed E-state index contributed by atoms with van der Waals surface area (Å²) >= 11 is 1.51. The van der Waals surface area contributed by atoms with Gasteiger partial charge in [-0.25, -0.2) is 4.98 Å². The van der Waals surface area contributed by atoms with Crippen molar-refractivity contribution in [2.24, 2.45) is 0 Å². The second-order valence-electron chi connectivity index (χ2n) is 4.96. The molecule has 4 nitrogen and oxygen atoms in total. The Bertz CT molecular complexity index is 878. The van der Waals surface area contributed by atoms with Crippen molar-refractivity contribution in [2.75, 3.05) is 0 Å². The van der Waals surface area contributed by atoms with Crippen molar-refractivity contribution in [1.82, 2.24) is 9.55 Å². The molecule has 1 aromatic carbocycles. The predicted octanol–water partition coefficient (Wildman–Crippen LogP) is 3.02. The Morgan fingerprint density at radius 2 is 2.00 bits per heavy atom. The number of aromatic nitrogens is 2. The minimum absolute atomic E-state index is 0.0604. The molecule has 3 rings (SSSR count). The molecule has 2 heterocycles. The quantitative estimate of drug-likeness (QED) is 0.747. The molecule has 0 aliphatic heterocycles. The van der Waals surface area contributed by atoms with E-state index in [0.717, 1.165) is 20.8 Å². The Morgan fingerprint density at radius 1 is 1.29 bits per heavy atom. The van der Waals surface area contributed by atoms with Gasteiger partial charge in [-0.2, -0.15) is 0 Å². The third-order valence-electron chi connectivity index (χ3n) is 3.31. The van der Waals surface area contributed by atoms with Crippen molar-refractivity contribution in [2.45, 2.75) is 20.4 Å². The van der Waals surface area contributed by atoms with Gasteiger partial charge in [0.1, 0.15) is 10.6 Å². The lowest BCUT2D eigenvalue weighted by Gasteiger charge is -2.04. The highest BCUT2D eigenvalue weighted by molar-refractivity contribution is 7.19. The van der Waals surface area contributed by atoms with Crippen LogP contribution in [0.15, 0.2) is 41.5 Å². The fraction of sp³-hybridized carbons (Fsp3) is 0.188. The number of nitrogens with zero attached hydrogens (tertiary/aromatic N) is 2. The van der Waals surface area contributed by atoms with Crippen LogP contribution in [0.4, 0.5) is 0 Å². The molecule has 0 saturated heterocycles. The maximum atomic E-state index is 12.6. The number of aryl methyl sites for hydroxylation is 1. The van der Waals surface area contributed by atoms with Crippen LogP contribution in [0.1, 0.15) is 11.8 Å². The summed E-state index contributed by atoms with van der Waals surface area (Å²) in [4.78, 5) is 30.0. The Kier molecular flexibility index (Phi) is 3.43. The van der Waals surface area contributed by atoms with Crippen molar-refractivity contribution < 1.29 is 4.79 Å². The van der Waals surface area contributed by atoms with Gasteiger partial charge in [0.25, 0.3) is 5.56 Å². The third-order valence-corrected chi connectivity index (χ3v) is 4.32. The molecular formula is C16H14N2O2S. The van der Waals surface area contributed by atoms with Crippen LogP contribution in [0.3, 0.4) is 0 Å². The van der Waals surface area contributed by atoms with Crippen LogP contribution >= 0.6 is 11.3 Å². The van der Waals surface area contributed by atoms with Crippen LogP contribution in [0.25, 0.3) is 21.3 Å². The van der Waals surface area contributed by atoms with Gasteiger partial charge in [0.15, 0.2) is 0 Å². The van der Waals surface area contributed by atoms with E-state index in [1.165, 1.54) is 29.2 Å². The van der Waals surface area contributed by atoms with Gasteiger partial charge in [-0.05, 0) is 19.4 Å². The first kappa shape index (κ1) is 13.7. The van der Waals surface area contributed by atoms with Gasteiger partial charge in [0.2, 0.25) is 0 Å². The first-order valence-corrected chi connectivity index (χ1v) is 7.43. The van der Waals surface area contributed by atoms with E-state index in [1.54, 1.807) is 0 Å². The van der Waals surface area contributed by atoms with Gasteiger partial charge in [-0.1, -0.05) is 30.3 Å². The molecule has 0 unspecified atom stereocenters. The number of carbonyl (C=O) groups is 1. The zero-order chi connectivity index (χ0) is 15.0. The van der Waals surface area contributed by atoms with E-state index in [4.69, 9.17) is 0 Å². The molecule has 0 aliphatic rings. The lowest BCUT2D eigenvalue weighted by atomic mass is 10.0. The predicted molar refractivity (Wildman–Crippen MR) is 84.7 cm³/mol. The lowest BCUT2D eigenvalue weighted by Crippen LogP contribution is -2.23. The Labute approximate surface area is 125 Å². The zero-order valence-electron chi connectivity index (χ0n) is 11.8. The summed E-state index contributed by atoms with van der Waals surface area (Å²) in [6.07, 6.45) is 1.46. The summed E-state index contributed by atoms with van der Waals surface area (Å²) in [6, 6.07) is 9.80. The van der Waals surface area contributed by atoms with Crippen molar-refractivity contribution in [3.63, 3.8) is 0 Å². The van der Waals surface area contributed by atoms with Crippen LogP contribution < -0.4 is 5.56 Å². The summed E-state index contributed by atoms with van der Waals surface area (Å²) in [5.41, 5.74) is 1.77. The summed E-state index contributed by atoms with van der Waals surface area (Å²) in [5, 5.41) is 0.604. The Balaban J connectivity index is 2.32. The molecule has 5 heteroatoms. The number of Topliss-reactive ketones (excluding diaryl/α,β-unsaturated/α-hetero) is 1. The van der Waals surface area contributed by atoms with Gasteiger partial charge in [-0.3, -0.25) is 14.2 Å². The van der Waals surface area contributed by atoms with Crippen LogP contribution in [0, 0.1) is 6.92 Å². The fourth-order valence-corrected chi connectivity index (χ4v) is 3.45. The van der Waals surface area contributed by atoms with Crippen LogP contribution in [-0.2, 0) is 11.3 Å². The van der Waals surface area contributed by atoms with Crippen LogP contribution in [0.2, 0.25) is 0 Å². The molecule has 0 atom stereocenters. The van der Waals surface area contributed by atoms with E-state index in [0.29, 0.717) is 5.39 Å². The second-order valence-corrected chi connectivity index (χ2v) is 6.16. The average molecular weight is 298 g/mol. The number of thiophene rings is 1. The maximum absolute atomic E-state index is 12.6. The van der Waals surface area contributed by atoms with E-state index in [9.17, 15) is 9.59 Å². The molecule has 0 radical (unpaired) electrons. The molecule has 0 spiro atoms. The summed E-state index contributed by atoms with van der Waals surface area (Å²) < 4.78 is 1.38. The topological polar surface area (TPSA) is 52.0 Å². The van der Waals surface area contributed by atoms with Gasteiger partial charge >= 0.3 is 0 Å². The number of fused-ring (bicyclic) bond motifs is 1. The molecule has 21 heavy (non-hydrogen) atoms. The Morgan fingerprint density at radius 3 is 2.67 bits per heavy atom. The van der Waals surface area contributed by atoms with Gasteiger partial charge in [0.05, 0.1) is 18.3 Å². The number of rotatable bonds is 3. The van der Waals surface area contributed by atoms with Gasteiger partial charge in [0, 0.05) is 10.4 Å². The number of carbonyl (C=O) groups excluding carboxylic acids is 1. The Hall–Kier alpha value is -2.27. The largest absolute Gasteiger partial charge is 0.298 e. The summed E-state index contributed by atoms with van der Waals surface area (Å²) in [6.45, 7) is 3.52. The SMILES string of the molecule is CC(=O)Cn1cnc2sc(C)c(-c3ccccc3)c2c1=O. The smallest absolute Gasteiger partial charge is 0.263 e. The molecule has 2 aromatic heterocycles. The summed E-state index contributed by atoms with van der Waals surface area (Å²) in [5.74, 6) is -0.0635. The third kappa shape index (κ3) is 2.40. The molecule has 0 fully saturated rings. The highest BCUT2D eigenvalue weighted by Crippen LogP contribution is 2.35. The molecule has 3 aromatic rings. The standard InChI is InChI=1S/C16H14N2O2S/c1-10(19)8-18-9-17-15-14(16(18)20)13(11(2)21-15)12-6-4-3-5-7-12/h3-7,9H,8H2,1-2H3. The molecule has 106 valence electrons. The van der Waals surface area contributed by atoms with Crippen molar-refractivity contribution in [1.29, 1.82) is 0 Å². The highest BCUT2D eigenvalue weighted by Gasteiger charge is 2.16. The van der Waals surface area contributed by atoms with Gasteiger partial charge in [-0.15, -0.1) is 11.3 Å². The molecule has 0 amide bonds. The first-order valence-electron chi connectivity index (χ1n) is 6.61. The number of ketones is 1. The average Bonchev–Trinajstić information content (AvgIpc) is 2.79. The van der Waals surface area contributed by atoms with E-state index >= 15 is 0 Å². The van der Waals surface area contributed by atoms with Crippen molar-refractivity contribution in [3.05, 3.63) is 51.9 Å². The van der Waals surface area contributed by atoms with Crippen LogP contribution in [0.5, 0.6) is 0 Å².